The molecular formula is C48H42N3O3. The quantitative estimate of drug-likeness (QED) is 0.0979. The van der Waals surface area contributed by atoms with E-state index in [1.807, 2.05) is 114 Å². The number of nitrogens with zero attached hydrogens (tertiary/aromatic N) is 3. The number of nitroso groups, excluding NO2 is 1. The van der Waals surface area contributed by atoms with Crippen LogP contribution in [0.4, 0.5) is 22.7 Å². The first kappa shape index (κ1) is 35.0. The van der Waals surface area contributed by atoms with Crippen LogP contribution in [0.3, 0.4) is 0 Å². The molecule has 6 nitrogen and oxygen atoms in total. The highest BCUT2D eigenvalue weighted by atomic mass is 16.5. The highest BCUT2D eigenvalue weighted by molar-refractivity contribution is 6.14. The molecule has 8 aromatic carbocycles. The fraction of sp³-hybridized carbons (Fsp3) is 0.167. The van der Waals surface area contributed by atoms with Gasteiger partial charge in [-0.1, -0.05) is 102 Å². The Morgan fingerprint density at radius 3 is 1.26 bits per heavy atom. The Kier molecular flexibility index (Phi) is 8.48. The average molecular weight is 709 g/mol. The summed E-state index contributed by atoms with van der Waals surface area (Å²) >= 11 is 0. The predicted octanol–water partition coefficient (Wildman–Crippen LogP) is 13.4. The van der Waals surface area contributed by atoms with E-state index in [-0.39, 0.29) is 11.4 Å². The minimum atomic E-state index is -0.775. The minimum Gasteiger partial charge on any atom is -0.754 e. The fourth-order valence-electron chi connectivity index (χ4n) is 7.52. The molecule has 0 atom stereocenters. The van der Waals surface area contributed by atoms with Crippen molar-refractivity contribution in [3.63, 3.8) is 0 Å². The van der Waals surface area contributed by atoms with Crippen molar-refractivity contribution < 1.29 is 9.97 Å². The van der Waals surface area contributed by atoms with Gasteiger partial charge in [0.2, 0.25) is 5.54 Å². The SMILES string of the molecule is CC(C)(C)N([O])c1cc(-c2c3ccccc3cc3ccccc23)cc(N([O-])c2cc(-c3c4ccccc4cc4ccccc34)cc([N+](=O)C(C)(C)C)c2)c1. The second kappa shape index (κ2) is 13.1. The summed E-state index contributed by atoms with van der Waals surface area (Å²) in [4.78, 5) is 14.0. The number of fused-ring (bicyclic) bond motifs is 4. The molecule has 0 aromatic heterocycles. The van der Waals surface area contributed by atoms with Gasteiger partial charge in [0.15, 0.2) is 0 Å². The van der Waals surface area contributed by atoms with Crippen LogP contribution in [0.2, 0.25) is 0 Å². The first-order valence-electron chi connectivity index (χ1n) is 18.3. The van der Waals surface area contributed by atoms with Crippen molar-refractivity contribution in [1.29, 1.82) is 0 Å². The van der Waals surface area contributed by atoms with Gasteiger partial charge in [0.1, 0.15) is 0 Å². The molecule has 1 radical (unpaired) electrons. The normalized spacial score (nSPS) is 12.1. The van der Waals surface area contributed by atoms with Crippen molar-refractivity contribution in [2.24, 2.45) is 0 Å². The van der Waals surface area contributed by atoms with Crippen LogP contribution in [0.25, 0.3) is 65.3 Å². The monoisotopic (exact) mass is 708 g/mol. The van der Waals surface area contributed by atoms with Crippen molar-refractivity contribution >= 4 is 65.8 Å². The molecule has 0 fully saturated rings. The van der Waals surface area contributed by atoms with Crippen LogP contribution < -0.4 is 10.1 Å². The molecule has 0 aliphatic carbocycles. The second-order valence-electron chi connectivity index (χ2n) is 16.1. The third-order valence-corrected chi connectivity index (χ3v) is 10.1. The van der Waals surface area contributed by atoms with E-state index in [0.29, 0.717) is 11.4 Å². The molecule has 0 amide bonds. The fourth-order valence-corrected chi connectivity index (χ4v) is 7.52. The molecule has 0 unspecified atom stereocenters. The molecular weight excluding hydrogens is 667 g/mol. The summed E-state index contributed by atoms with van der Waals surface area (Å²) in [7, 11) is 0. The van der Waals surface area contributed by atoms with Gasteiger partial charge in [0, 0.05) is 53.9 Å². The average Bonchev–Trinajstić information content (AvgIpc) is 3.16. The van der Waals surface area contributed by atoms with Crippen molar-refractivity contribution in [1.82, 2.24) is 0 Å². The lowest BCUT2D eigenvalue weighted by molar-refractivity contribution is -0.540. The topological polar surface area (TPSA) is 69.5 Å². The molecule has 8 aromatic rings. The second-order valence-corrected chi connectivity index (χ2v) is 16.1. The van der Waals surface area contributed by atoms with Crippen molar-refractivity contribution in [2.75, 3.05) is 10.1 Å². The summed E-state index contributed by atoms with van der Waals surface area (Å²) < 4.78 is 0.963. The van der Waals surface area contributed by atoms with Crippen LogP contribution in [-0.4, -0.2) is 15.8 Å². The Labute approximate surface area is 315 Å². The van der Waals surface area contributed by atoms with Crippen LogP contribution in [0.1, 0.15) is 41.5 Å². The van der Waals surface area contributed by atoms with Gasteiger partial charge in [-0.05, 0) is 123 Å². The number of anilines is 3. The third-order valence-electron chi connectivity index (χ3n) is 10.1. The summed E-state index contributed by atoms with van der Waals surface area (Å²) in [6.45, 7) is 11.1. The van der Waals surface area contributed by atoms with Gasteiger partial charge in [-0.3, -0.25) is 0 Å². The van der Waals surface area contributed by atoms with Gasteiger partial charge in [-0.25, -0.2) is 5.06 Å². The maximum atomic E-state index is 15.0. The van der Waals surface area contributed by atoms with Crippen LogP contribution >= 0.6 is 0 Å². The first-order chi connectivity index (χ1) is 25.8. The smallest absolute Gasteiger partial charge is 0.259 e. The molecule has 0 bridgehead atoms. The zero-order chi connectivity index (χ0) is 37.9. The zero-order valence-electron chi connectivity index (χ0n) is 31.4. The van der Waals surface area contributed by atoms with E-state index in [4.69, 9.17) is 0 Å². The van der Waals surface area contributed by atoms with E-state index in [1.54, 1.807) is 12.1 Å². The molecule has 0 spiro atoms. The Balaban J connectivity index is 1.40. The molecule has 0 N–H and O–H groups in total. The third kappa shape index (κ3) is 6.23. The van der Waals surface area contributed by atoms with Gasteiger partial charge in [0.05, 0.1) is 11.2 Å². The lowest BCUT2D eigenvalue weighted by Gasteiger charge is -2.34. The molecule has 0 aliphatic heterocycles. The Morgan fingerprint density at radius 1 is 0.481 bits per heavy atom. The molecule has 0 aliphatic rings. The van der Waals surface area contributed by atoms with E-state index in [1.165, 1.54) is 0 Å². The van der Waals surface area contributed by atoms with Crippen molar-refractivity contribution in [2.45, 2.75) is 52.6 Å². The largest absolute Gasteiger partial charge is 0.754 e. The van der Waals surface area contributed by atoms with E-state index in [2.05, 4.69) is 60.7 Å². The van der Waals surface area contributed by atoms with Crippen molar-refractivity contribution in [3.8, 4) is 22.3 Å². The standard InChI is InChI=1S/C48H42N3O3/c1-47(2,3)50(53)39-27-35(45-41-19-11-7-15-31(41)23-32-16-8-12-20-42(32)45)25-37(29-39)49(52)38-26-36(28-40(30-38)51(54)48(4,5)6)46-43-21-13-9-17-33(43)24-34-18-10-14-22-44(34)46/h7-30H,1-6H3. The van der Waals surface area contributed by atoms with Crippen LogP contribution in [0.5, 0.6) is 0 Å². The van der Waals surface area contributed by atoms with Gasteiger partial charge in [-0.15, -0.1) is 0 Å². The van der Waals surface area contributed by atoms with Crippen molar-refractivity contribution in [3.05, 3.63) is 156 Å². The van der Waals surface area contributed by atoms with Gasteiger partial charge >= 0.3 is 0 Å². The number of hydroxylamine groups is 1. The van der Waals surface area contributed by atoms with Gasteiger partial charge in [-0.2, -0.15) is 0 Å². The molecule has 0 heterocycles. The number of benzene rings is 8. The minimum absolute atomic E-state index is 0.281. The van der Waals surface area contributed by atoms with E-state index in [9.17, 15) is 15.3 Å². The molecule has 8 rings (SSSR count). The van der Waals surface area contributed by atoms with E-state index < -0.39 is 11.1 Å². The maximum Gasteiger partial charge on any atom is 0.259 e. The van der Waals surface area contributed by atoms with Crippen LogP contribution in [0, 0.1) is 10.1 Å². The summed E-state index contributed by atoms with van der Waals surface area (Å²) in [6.07, 6.45) is 0. The summed E-state index contributed by atoms with van der Waals surface area (Å²) in [5, 5.41) is 39.1. The maximum absolute atomic E-state index is 15.0. The van der Waals surface area contributed by atoms with E-state index in [0.717, 1.165) is 80.2 Å². The lowest BCUT2D eigenvalue weighted by atomic mass is 9.91. The molecule has 54 heavy (non-hydrogen) atoms. The molecule has 267 valence electrons. The van der Waals surface area contributed by atoms with Crippen LogP contribution in [-0.2, 0) is 5.21 Å². The van der Waals surface area contributed by atoms with Gasteiger partial charge in [0.25, 0.3) is 5.69 Å². The van der Waals surface area contributed by atoms with E-state index >= 15 is 0 Å². The molecule has 0 saturated carbocycles. The number of hydrogen-bond donors (Lipinski definition) is 0. The Hall–Kier alpha value is -6.08. The zero-order valence-corrected chi connectivity index (χ0v) is 31.4. The number of rotatable bonds is 6. The molecule has 6 heteroatoms. The summed E-state index contributed by atoms with van der Waals surface area (Å²) in [5.74, 6) is 0. The first-order valence-corrected chi connectivity index (χ1v) is 18.3. The highest BCUT2D eigenvalue weighted by Crippen LogP contribution is 2.44. The Bertz CT molecular complexity index is 2650. The summed E-state index contributed by atoms with van der Waals surface area (Å²) in [5.41, 5.74) is 3.12. The predicted molar refractivity (Wildman–Crippen MR) is 225 cm³/mol. The Morgan fingerprint density at radius 2 is 0.852 bits per heavy atom. The highest BCUT2D eigenvalue weighted by Gasteiger charge is 2.33. The summed E-state index contributed by atoms with van der Waals surface area (Å²) in [6, 6.07) is 47.9. The lowest BCUT2D eigenvalue weighted by Crippen LogP contribution is -2.37. The molecule has 0 saturated heterocycles. The van der Waals surface area contributed by atoms with Crippen LogP contribution in [0.15, 0.2) is 146 Å². The number of hydrogen-bond acceptors (Lipinski definition) is 4. The van der Waals surface area contributed by atoms with Gasteiger partial charge < -0.3 is 10.3 Å².